The lowest BCUT2D eigenvalue weighted by Gasteiger charge is -2.12. The number of benzene rings is 2. The molecule has 0 saturated carbocycles. The van der Waals surface area contributed by atoms with E-state index in [0.717, 1.165) is 11.8 Å². The van der Waals surface area contributed by atoms with Crippen LogP contribution in [-0.2, 0) is 16.1 Å². The number of rotatable bonds is 10. The van der Waals surface area contributed by atoms with Gasteiger partial charge in [-0.25, -0.2) is 23.2 Å². The van der Waals surface area contributed by atoms with Crippen molar-refractivity contribution in [1.82, 2.24) is 14.8 Å². The molecule has 8 nitrogen and oxygen atoms in total. The fourth-order valence-corrected chi connectivity index (χ4v) is 2.87. The number of anilines is 1. The third-order valence-corrected chi connectivity index (χ3v) is 4.46. The first-order chi connectivity index (χ1) is 16.7. The highest BCUT2D eigenvalue weighted by molar-refractivity contribution is 6.24. The Labute approximate surface area is 195 Å². The molecule has 0 saturated heterocycles. The maximum Gasteiger partial charge on any atom is 0.387 e. The van der Waals surface area contributed by atoms with E-state index in [2.05, 4.69) is 20.1 Å². The molecule has 0 spiro atoms. The van der Waals surface area contributed by atoms with Crippen LogP contribution in [0.3, 0.4) is 0 Å². The third-order valence-electron chi connectivity index (χ3n) is 4.46. The second-order valence-electron chi connectivity index (χ2n) is 6.78. The lowest BCUT2D eigenvalue weighted by molar-refractivity contribution is -0.138. The topological polar surface area (TPSA) is 95.3 Å². The summed E-state index contributed by atoms with van der Waals surface area (Å²) >= 11 is 0. The molecule has 184 valence electrons. The van der Waals surface area contributed by atoms with Crippen molar-refractivity contribution in [1.29, 1.82) is 0 Å². The summed E-state index contributed by atoms with van der Waals surface area (Å²) in [5.74, 6) is -10.2. The summed E-state index contributed by atoms with van der Waals surface area (Å²) in [6.07, 6.45) is 3.79. The van der Waals surface area contributed by atoms with E-state index in [1.165, 1.54) is 19.6 Å². The fourth-order valence-electron chi connectivity index (χ4n) is 2.87. The second-order valence-corrected chi connectivity index (χ2v) is 6.78. The number of alkyl halides is 2. The Balaban J connectivity index is 1.90. The zero-order valence-electron chi connectivity index (χ0n) is 18.0. The zero-order chi connectivity index (χ0) is 25.5. The molecule has 3 rings (SSSR count). The smallest absolute Gasteiger partial charge is 0.387 e. The summed E-state index contributed by atoms with van der Waals surface area (Å²) < 4.78 is 77.3. The van der Waals surface area contributed by atoms with Gasteiger partial charge in [0.2, 0.25) is 17.3 Å². The van der Waals surface area contributed by atoms with Gasteiger partial charge >= 0.3 is 12.6 Å². The number of nitrogens with one attached hydrogen (secondary N) is 1. The average molecular weight is 496 g/mol. The number of ether oxygens (including phenoxy) is 2. The van der Waals surface area contributed by atoms with Gasteiger partial charge in [-0.2, -0.15) is 18.3 Å². The van der Waals surface area contributed by atoms with Gasteiger partial charge in [0.1, 0.15) is 18.2 Å². The van der Waals surface area contributed by atoms with Gasteiger partial charge < -0.3 is 14.8 Å². The van der Waals surface area contributed by atoms with Crippen molar-refractivity contribution >= 4 is 17.4 Å². The largest absolute Gasteiger partial charge is 0.462 e. The SMILES string of the molecule is CCOC(=O)C(=CNc1ccc(Cn2cncn2)cc1)C(=O)c1cc(F)c(F)c(OC(F)F)c1F. The number of halogens is 5. The molecule has 1 N–H and O–H groups in total. The van der Waals surface area contributed by atoms with Crippen LogP contribution in [0.15, 0.2) is 54.8 Å². The van der Waals surface area contributed by atoms with Crippen LogP contribution in [0, 0.1) is 17.5 Å². The van der Waals surface area contributed by atoms with Gasteiger partial charge in [-0.15, -0.1) is 0 Å². The molecule has 0 aliphatic rings. The molecular formula is C22H17F5N4O4. The van der Waals surface area contributed by atoms with Crippen LogP contribution >= 0.6 is 0 Å². The van der Waals surface area contributed by atoms with Crippen LogP contribution in [0.2, 0.25) is 0 Å². The third kappa shape index (κ3) is 6.19. The molecular weight excluding hydrogens is 479 g/mol. The van der Waals surface area contributed by atoms with Crippen LogP contribution in [0.25, 0.3) is 0 Å². The Morgan fingerprint density at radius 1 is 1.14 bits per heavy atom. The Morgan fingerprint density at radius 3 is 2.46 bits per heavy atom. The number of carbonyl (C=O) groups excluding carboxylic acids is 2. The molecule has 0 fully saturated rings. The predicted molar refractivity (Wildman–Crippen MR) is 111 cm³/mol. The minimum Gasteiger partial charge on any atom is -0.462 e. The molecule has 0 bridgehead atoms. The summed E-state index contributed by atoms with van der Waals surface area (Å²) in [4.78, 5) is 29.0. The number of ketones is 1. The van der Waals surface area contributed by atoms with Crippen molar-refractivity contribution in [3.8, 4) is 5.75 Å². The van der Waals surface area contributed by atoms with E-state index in [1.54, 1.807) is 28.9 Å². The van der Waals surface area contributed by atoms with Crippen LogP contribution in [0.1, 0.15) is 22.8 Å². The maximum atomic E-state index is 14.6. The van der Waals surface area contributed by atoms with Crippen LogP contribution in [0.5, 0.6) is 5.75 Å². The molecule has 0 atom stereocenters. The fraction of sp³-hybridized carbons (Fsp3) is 0.182. The van der Waals surface area contributed by atoms with Gasteiger partial charge in [0.25, 0.3) is 0 Å². The summed E-state index contributed by atoms with van der Waals surface area (Å²) in [6.45, 7) is -1.99. The number of carbonyl (C=O) groups is 2. The highest BCUT2D eigenvalue weighted by Gasteiger charge is 2.30. The lowest BCUT2D eigenvalue weighted by Crippen LogP contribution is -2.20. The highest BCUT2D eigenvalue weighted by Crippen LogP contribution is 2.30. The van der Waals surface area contributed by atoms with Crippen LogP contribution in [-0.4, -0.2) is 39.7 Å². The molecule has 0 aliphatic heterocycles. The minimum atomic E-state index is -3.70. The van der Waals surface area contributed by atoms with Crippen molar-refractivity contribution in [3.63, 3.8) is 0 Å². The van der Waals surface area contributed by atoms with Gasteiger partial charge in [-0.1, -0.05) is 12.1 Å². The first-order valence-electron chi connectivity index (χ1n) is 9.93. The van der Waals surface area contributed by atoms with Gasteiger partial charge in [0.05, 0.1) is 18.7 Å². The standard InChI is InChI=1S/C22H17F5N4O4/c1-2-34-21(33)15(8-29-13-5-3-12(4-6-13)9-31-11-28-10-30-31)19(32)14-7-16(23)18(25)20(17(14)24)35-22(26)27/h3-8,10-11,22,29H,2,9H2,1H3. The van der Waals surface area contributed by atoms with Gasteiger partial charge in [-0.05, 0) is 30.7 Å². The van der Waals surface area contributed by atoms with E-state index in [1.807, 2.05) is 0 Å². The van der Waals surface area contributed by atoms with E-state index in [0.29, 0.717) is 12.2 Å². The zero-order valence-corrected chi connectivity index (χ0v) is 18.0. The number of aromatic nitrogens is 3. The van der Waals surface area contributed by atoms with Gasteiger partial charge in [0, 0.05) is 11.9 Å². The number of nitrogens with zero attached hydrogens (tertiary/aromatic N) is 3. The van der Waals surface area contributed by atoms with Crippen LogP contribution in [0.4, 0.5) is 27.6 Å². The summed E-state index contributed by atoms with van der Waals surface area (Å²) in [7, 11) is 0. The van der Waals surface area contributed by atoms with Gasteiger partial charge in [0.15, 0.2) is 11.6 Å². The van der Waals surface area contributed by atoms with Crippen molar-refractivity contribution < 1.29 is 41.0 Å². The molecule has 0 aliphatic carbocycles. The normalized spacial score (nSPS) is 11.5. The molecule has 13 heteroatoms. The monoisotopic (exact) mass is 496 g/mol. The van der Waals surface area contributed by atoms with E-state index in [4.69, 9.17) is 4.74 Å². The number of esters is 1. The maximum absolute atomic E-state index is 14.6. The Hall–Kier alpha value is -4.29. The number of hydrogen-bond acceptors (Lipinski definition) is 7. The number of Topliss-reactive ketones (excluding diaryl/α,β-unsaturated/α-hetero) is 1. The average Bonchev–Trinajstić information content (AvgIpc) is 3.33. The molecule has 1 heterocycles. The van der Waals surface area contributed by atoms with Crippen molar-refractivity contribution in [2.45, 2.75) is 20.1 Å². The first-order valence-corrected chi connectivity index (χ1v) is 9.93. The first kappa shape index (κ1) is 25.3. The van der Waals surface area contributed by atoms with E-state index in [9.17, 15) is 31.5 Å². The van der Waals surface area contributed by atoms with E-state index in [-0.39, 0.29) is 12.7 Å². The Morgan fingerprint density at radius 2 is 1.86 bits per heavy atom. The molecule has 2 aromatic carbocycles. The minimum absolute atomic E-state index is 0.136. The van der Waals surface area contributed by atoms with Crippen molar-refractivity contribution in [3.05, 3.63) is 83.3 Å². The molecule has 0 amide bonds. The Bertz CT molecular complexity index is 1230. The van der Waals surface area contributed by atoms with Crippen molar-refractivity contribution in [2.24, 2.45) is 0 Å². The van der Waals surface area contributed by atoms with Gasteiger partial charge in [-0.3, -0.25) is 4.79 Å². The van der Waals surface area contributed by atoms with Crippen LogP contribution < -0.4 is 10.1 Å². The molecule has 0 radical (unpaired) electrons. The quantitative estimate of drug-likeness (QED) is 0.0860. The summed E-state index contributed by atoms with van der Waals surface area (Å²) in [5.41, 5.74) is -0.758. The highest BCUT2D eigenvalue weighted by atomic mass is 19.3. The lowest BCUT2D eigenvalue weighted by atomic mass is 10.0. The molecule has 0 unspecified atom stereocenters. The molecule has 3 aromatic rings. The summed E-state index contributed by atoms with van der Waals surface area (Å²) in [5, 5.41) is 6.63. The predicted octanol–water partition coefficient (Wildman–Crippen LogP) is 4.09. The van der Waals surface area contributed by atoms with E-state index < -0.39 is 52.7 Å². The molecule has 35 heavy (non-hydrogen) atoms. The second kappa shape index (κ2) is 11.2. The van der Waals surface area contributed by atoms with E-state index >= 15 is 0 Å². The molecule has 1 aromatic heterocycles. The summed E-state index contributed by atoms with van der Waals surface area (Å²) in [6, 6.07) is 6.77. The Kier molecular flexibility index (Phi) is 8.12. The number of hydrogen-bond donors (Lipinski definition) is 1. The van der Waals surface area contributed by atoms with Crippen molar-refractivity contribution in [2.75, 3.05) is 11.9 Å².